The van der Waals surface area contributed by atoms with Gasteiger partial charge in [-0.05, 0) is 47.1 Å². The van der Waals surface area contributed by atoms with Crippen molar-refractivity contribution in [2.45, 2.75) is 13.0 Å². The van der Waals surface area contributed by atoms with Crippen LogP contribution >= 0.6 is 27.5 Å². The van der Waals surface area contributed by atoms with E-state index >= 15 is 0 Å². The molecule has 126 valence electrons. The van der Waals surface area contributed by atoms with Crippen LogP contribution in [0.15, 0.2) is 53.0 Å². The Kier molecular flexibility index (Phi) is 6.78. The average molecular weight is 412 g/mol. The van der Waals surface area contributed by atoms with Gasteiger partial charge in [0.1, 0.15) is 6.04 Å². The fourth-order valence-corrected chi connectivity index (χ4v) is 2.67. The largest absolute Gasteiger partial charge is 0.332 e. The molecule has 2 aromatic rings. The quantitative estimate of drug-likeness (QED) is 0.660. The van der Waals surface area contributed by atoms with E-state index in [1.54, 1.807) is 18.2 Å². The lowest BCUT2D eigenvalue weighted by molar-refractivity contribution is -0.682. The number of carbonyl (C=O) groups is 2. The first kappa shape index (κ1) is 18.4. The van der Waals surface area contributed by atoms with Crippen molar-refractivity contribution >= 4 is 39.3 Å². The Morgan fingerprint density at radius 3 is 2.46 bits per heavy atom. The maximum Gasteiger partial charge on any atom is 0.293 e. The first-order valence-corrected chi connectivity index (χ1v) is 8.57. The van der Waals surface area contributed by atoms with Crippen molar-refractivity contribution in [3.05, 3.63) is 69.2 Å². The number of nitrogens with one attached hydrogen (secondary N) is 2. The van der Waals surface area contributed by atoms with E-state index in [1.165, 1.54) is 0 Å². The summed E-state index contributed by atoms with van der Waals surface area (Å²) in [5.41, 5.74) is 6.35. The number of amides is 2. The van der Waals surface area contributed by atoms with Crippen LogP contribution in [0.3, 0.4) is 0 Å². The van der Waals surface area contributed by atoms with E-state index < -0.39 is 0 Å². The third kappa shape index (κ3) is 5.33. The van der Waals surface area contributed by atoms with Crippen molar-refractivity contribution in [1.29, 1.82) is 0 Å². The Balaban J connectivity index is 1.78. The van der Waals surface area contributed by atoms with Crippen molar-refractivity contribution in [3.8, 4) is 0 Å². The van der Waals surface area contributed by atoms with E-state index in [2.05, 4.69) is 26.8 Å². The second-order valence-corrected chi connectivity index (χ2v) is 6.55. The van der Waals surface area contributed by atoms with Crippen LogP contribution in [-0.4, -0.2) is 18.4 Å². The minimum absolute atomic E-state index is 0.104. The van der Waals surface area contributed by atoms with Crippen LogP contribution in [0, 0.1) is 0 Å². The standard InChI is InChI=1S/C17H17BrClN3O2/c1-11(12-6-8-13(19)9-7-12)20-10-16(23)21-22-17(24)14-4-2-3-5-15(14)18/h2-9,11,20H,10H2,1H3,(H,21,23)(H,22,24)/p+1/t11-/m0/s1. The zero-order valence-corrected chi connectivity index (χ0v) is 15.4. The molecule has 0 radical (unpaired) electrons. The van der Waals surface area contributed by atoms with Crippen molar-refractivity contribution in [3.63, 3.8) is 0 Å². The Bertz CT molecular complexity index is 722. The molecular formula is C17H18BrClN3O2+. The second-order valence-electron chi connectivity index (χ2n) is 5.26. The SMILES string of the molecule is C[C@H]([NH2+]CC(=O)NNC(=O)c1ccccc1Br)c1ccc(Cl)cc1. The van der Waals surface area contributed by atoms with Crippen LogP contribution in [0.25, 0.3) is 0 Å². The maximum absolute atomic E-state index is 12.0. The van der Waals surface area contributed by atoms with Crippen molar-refractivity contribution in [2.75, 3.05) is 6.54 Å². The van der Waals surface area contributed by atoms with Crippen molar-refractivity contribution in [2.24, 2.45) is 0 Å². The smallest absolute Gasteiger partial charge is 0.293 e. The summed E-state index contributed by atoms with van der Waals surface area (Å²) in [4.78, 5) is 23.8. The molecule has 0 aliphatic carbocycles. The molecule has 0 unspecified atom stereocenters. The number of rotatable bonds is 5. The van der Waals surface area contributed by atoms with Crippen LogP contribution in [-0.2, 0) is 4.79 Å². The molecule has 2 amide bonds. The summed E-state index contributed by atoms with van der Waals surface area (Å²) in [6.07, 6.45) is 0. The number of carbonyl (C=O) groups excluding carboxylic acids is 2. The molecule has 0 saturated heterocycles. The molecule has 0 aromatic heterocycles. The summed E-state index contributed by atoms with van der Waals surface area (Å²) in [5.74, 6) is -0.655. The third-order valence-electron chi connectivity index (χ3n) is 3.49. The van der Waals surface area contributed by atoms with Gasteiger partial charge in [0.2, 0.25) is 0 Å². The minimum Gasteiger partial charge on any atom is -0.332 e. The highest BCUT2D eigenvalue weighted by atomic mass is 79.9. The van der Waals surface area contributed by atoms with E-state index in [4.69, 9.17) is 11.6 Å². The fraction of sp³-hybridized carbons (Fsp3) is 0.176. The third-order valence-corrected chi connectivity index (χ3v) is 4.43. The minimum atomic E-state index is -0.374. The number of hydrazine groups is 1. The maximum atomic E-state index is 12.0. The topological polar surface area (TPSA) is 74.8 Å². The first-order chi connectivity index (χ1) is 11.5. The van der Waals surface area contributed by atoms with Crippen LogP contribution in [0.2, 0.25) is 5.02 Å². The summed E-state index contributed by atoms with van der Waals surface area (Å²) in [7, 11) is 0. The van der Waals surface area contributed by atoms with Crippen LogP contribution in [0.1, 0.15) is 28.9 Å². The highest BCUT2D eigenvalue weighted by molar-refractivity contribution is 9.10. The molecule has 1 atom stereocenters. The van der Waals surface area contributed by atoms with Crippen LogP contribution in [0.5, 0.6) is 0 Å². The lowest BCUT2D eigenvalue weighted by Crippen LogP contribution is -2.87. The fourth-order valence-electron chi connectivity index (χ4n) is 2.08. The van der Waals surface area contributed by atoms with Crippen LogP contribution in [0.4, 0.5) is 0 Å². The van der Waals surface area contributed by atoms with Gasteiger partial charge in [-0.1, -0.05) is 35.9 Å². The van der Waals surface area contributed by atoms with Gasteiger partial charge in [0.05, 0.1) is 5.56 Å². The predicted octanol–water partition coefficient (Wildman–Crippen LogP) is 2.19. The second kappa shape index (κ2) is 8.82. The number of halogens is 2. The molecule has 7 heteroatoms. The lowest BCUT2D eigenvalue weighted by atomic mass is 10.1. The van der Waals surface area contributed by atoms with E-state index in [0.29, 0.717) is 15.1 Å². The van der Waals surface area contributed by atoms with E-state index in [-0.39, 0.29) is 24.4 Å². The van der Waals surface area contributed by atoms with Gasteiger partial charge in [0.25, 0.3) is 11.8 Å². The highest BCUT2D eigenvalue weighted by Crippen LogP contribution is 2.15. The Morgan fingerprint density at radius 1 is 1.12 bits per heavy atom. The van der Waals surface area contributed by atoms with Gasteiger partial charge in [0, 0.05) is 15.1 Å². The molecule has 5 nitrogen and oxygen atoms in total. The zero-order valence-electron chi connectivity index (χ0n) is 13.1. The Labute approximate surface area is 153 Å². The van der Waals surface area contributed by atoms with Gasteiger partial charge < -0.3 is 5.32 Å². The number of hydrogen-bond donors (Lipinski definition) is 3. The van der Waals surface area contributed by atoms with Crippen molar-refractivity contribution < 1.29 is 14.9 Å². The highest BCUT2D eigenvalue weighted by Gasteiger charge is 2.13. The van der Waals surface area contributed by atoms with E-state index in [1.807, 2.05) is 42.6 Å². The lowest BCUT2D eigenvalue weighted by Gasteiger charge is -2.12. The van der Waals surface area contributed by atoms with Gasteiger partial charge in [-0.15, -0.1) is 0 Å². The molecule has 4 N–H and O–H groups in total. The molecule has 0 aliphatic heterocycles. The summed E-state index contributed by atoms with van der Waals surface area (Å²) < 4.78 is 0.666. The zero-order chi connectivity index (χ0) is 17.5. The molecule has 2 aromatic carbocycles. The Hall–Kier alpha value is -1.89. The number of nitrogens with two attached hydrogens (primary N) is 1. The van der Waals surface area contributed by atoms with Gasteiger partial charge in [-0.3, -0.25) is 20.4 Å². The normalized spacial score (nSPS) is 11.6. The summed E-state index contributed by atoms with van der Waals surface area (Å²) in [5, 5.41) is 2.56. The molecule has 0 bridgehead atoms. The molecule has 0 heterocycles. The Morgan fingerprint density at radius 2 is 1.79 bits per heavy atom. The molecule has 0 aliphatic rings. The number of hydrogen-bond acceptors (Lipinski definition) is 2. The molecular weight excluding hydrogens is 394 g/mol. The van der Waals surface area contributed by atoms with E-state index in [0.717, 1.165) is 5.56 Å². The van der Waals surface area contributed by atoms with Crippen molar-refractivity contribution in [1.82, 2.24) is 10.9 Å². The molecule has 0 fully saturated rings. The number of benzene rings is 2. The van der Waals surface area contributed by atoms with Gasteiger partial charge >= 0.3 is 0 Å². The summed E-state index contributed by atoms with van der Waals surface area (Å²) in [6, 6.07) is 14.6. The summed E-state index contributed by atoms with van der Waals surface area (Å²) in [6.45, 7) is 2.19. The molecule has 2 rings (SSSR count). The monoisotopic (exact) mass is 410 g/mol. The molecule has 24 heavy (non-hydrogen) atoms. The molecule has 0 spiro atoms. The van der Waals surface area contributed by atoms with Crippen LogP contribution < -0.4 is 16.2 Å². The average Bonchev–Trinajstić information content (AvgIpc) is 2.58. The molecule has 0 saturated carbocycles. The van der Waals surface area contributed by atoms with Gasteiger partial charge in [0.15, 0.2) is 6.54 Å². The van der Waals surface area contributed by atoms with Gasteiger partial charge in [-0.2, -0.15) is 0 Å². The first-order valence-electron chi connectivity index (χ1n) is 7.40. The van der Waals surface area contributed by atoms with E-state index in [9.17, 15) is 9.59 Å². The number of quaternary nitrogens is 1. The van der Waals surface area contributed by atoms with Gasteiger partial charge in [-0.25, -0.2) is 0 Å². The summed E-state index contributed by atoms with van der Waals surface area (Å²) >= 11 is 9.15. The predicted molar refractivity (Wildman–Crippen MR) is 96.4 cm³/mol.